The predicted molar refractivity (Wildman–Crippen MR) is 129 cm³/mol. The van der Waals surface area contributed by atoms with E-state index in [0.717, 1.165) is 44.5 Å². The third kappa shape index (κ3) is 10.3. The molecular weight excluding hydrogens is 368 g/mol. The van der Waals surface area contributed by atoms with E-state index < -0.39 is 0 Å². The zero-order chi connectivity index (χ0) is 21.4. The van der Waals surface area contributed by atoms with Crippen molar-refractivity contribution in [1.29, 1.82) is 0 Å². The summed E-state index contributed by atoms with van der Waals surface area (Å²) in [5.41, 5.74) is 3.85. The second-order valence-electron chi connectivity index (χ2n) is 8.64. The molecule has 2 nitrogen and oxygen atoms in total. The predicted octanol–water partition coefficient (Wildman–Crippen LogP) is 7.97. The summed E-state index contributed by atoms with van der Waals surface area (Å²) < 4.78 is 5.91. The first kappa shape index (κ1) is 24.5. The first-order valence-corrected chi connectivity index (χ1v) is 12.2. The van der Waals surface area contributed by atoms with Crippen LogP contribution in [-0.2, 0) is 6.42 Å². The molecule has 0 saturated carbocycles. The molecule has 2 rings (SSSR count). The highest BCUT2D eigenvalue weighted by Gasteiger charge is 2.01. The number of ether oxygens (including phenoxy) is 1. The van der Waals surface area contributed by atoms with E-state index in [2.05, 4.69) is 55.5 Å². The van der Waals surface area contributed by atoms with Gasteiger partial charge in [0.25, 0.3) is 0 Å². The van der Waals surface area contributed by atoms with Gasteiger partial charge in [0.1, 0.15) is 5.75 Å². The van der Waals surface area contributed by atoms with E-state index in [0.29, 0.717) is 0 Å². The number of rotatable bonds is 16. The summed E-state index contributed by atoms with van der Waals surface area (Å²) in [5, 5.41) is 9.34. The first-order valence-electron chi connectivity index (χ1n) is 12.2. The number of benzene rings is 2. The van der Waals surface area contributed by atoms with Crippen LogP contribution in [0.25, 0.3) is 11.1 Å². The normalized spacial score (nSPS) is 12.1. The molecule has 0 aliphatic heterocycles. The fourth-order valence-corrected chi connectivity index (χ4v) is 3.80. The molecule has 0 heterocycles. The second kappa shape index (κ2) is 15.1. The second-order valence-corrected chi connectivity index (χ2v) is 8.64. The van der Waals surface area contributed by atoms with Gasteiger partial charge in [0, 0.05) is 0 Å². The van der Waals surface area contributed by atoms with E-state index in [1.807, 2.05) is 6.92 Å². The third-order valence-corrected chi connectivity index (χ3v) is 5.75. The molecule has 166 valence electrons. The van der Waals surface area contributed by atoms with E-state index in [1.165, 1.54) is 61.6 Å². The van der Waals surface area contributed by atoms with Crippen LogP contribution in [0.4, 0.5) is 0 Å². The molecule has 0 bridgehead atoms. The number of hydrogen-bond donors (Lipinski definition) is 1. The molecule has 0 fully saturated rings. The first-order chi connectivity index (χ1) is 14.7. The van der Waals surface area contributed by atoms with Gasteiger partial charge < -0.3 is 9.84 Å². The fourth-order valence-electron chi connectivity index (χ4n) is 3.80. The lowest BCUT2D eigenvalue weighted by Crippen LogP contribution is -1.99. The van der Waals surface area contributed by atoms with Crippen molar-refractivity contribution in [2.24, 2.45) is 0 Å². The highest BCUT2D eigenvalue weighted by molar-refractivity contribution is 5.64. The molecule has 0 aromatic heterocycles. The smallest absolute Gasteiger partial charge is 0.119 e. The Labute approximate surface area is 184 Å². The van der Waals surface area contributed by atoms with Crippen LogP contribution >= 0.6 is 0 Å². The maximum absolute atomic E-state index is 9.34. The van der Waals surface area contributed by atoms with Crippen LogP contribution in [0, 0.1) is 0 Å². The molecule has 0 amide bonds. The molecular formula is C28H42O2. The summed E-state index contributed by atoms with van der Waals surface area (Å²) in [6.07, 6.45) is 14.6. The highest BCUT2D eigenvalue weighted by atomic mass is 16.5. The van der Waals surface area contributed by atoms with E-state index >= 15 is 0 Å². The van der Waals surface area contributed by atoms with Crippen molar-refractivity contribution in [2.45, 2.75) is 97.0 Å². The summed E-state index contributed by atoms with van der Waals surface area (Å²) in [5.74, 6) is 0.969. The van der Waals surface area contributed by atoms with Gasteiger partial charge in [-0.3, -0.25) is 0 Å². The Kier molecular flexibility index (Phi) is 12.3. The van der Waals surface area contributed by atoms with Crippen molar-refractivity contribution >= 4 is 0 Å². The Hall–Kier alpha value is -1.80. The SMILES string of the molecule is CCCCCCCCCCOc1ccc(-c2ccc(CCCCC(C)O)cc2)cc1. The van der Waals surface area contributed by atoms with E-state index in [9.17, 15) is 5.11 Å². The van der Waals surface area contributed by atoms with Crippen LogP contribution in [0.3, 0.4) is 0 Å². The average molecular weight is 411 g/mol. The Morgan fingerprint density at radius 1 is 0.700 bits per heavy atom. The van der Waals surface area contributed by atoms with Crippen molar-refractivity contribution in [2.75, 3.05) is 6.61 Å². The quantitative estimate of drug-likeness (QED) is 0.284. The van der Waals surface area contributed by atoms with Crippen LogP contribution in [0.15, 0.2) is 48.5 Å². The molecule has 0 saturated heterocycles. The lowest BCUT2D eigenvalue weighted by molar-refractivity contribution is 0.180. The number of aliphatic hydroxyl groups is 1. The van der Waals surface area contributed by atoms with E-state index in [-0.39, 0.29) is 6.10 Å². The van der Waals surface area contributed by atoms with Crippen LogP contribution in [0.2, 0.25) is 0 Å². The zero-order valence-corrected chi connectivity index (χ0v) is 19.2. The minimum absolute atomic E-state index is 0.181. The number of hydrogen-bond acceptors (Lipinski definition) is 2. The molecule has 0 spiro atoms. The van der Waals surface area contributed by atoms with Gasteiger partial charge in [-0.05, 0) is 61.4 Å². The van der Waals surface area contributed by atoms with Crippen LogP contribution < -0.4 is 4.74 Å². The van der Waals surface area contributed by atoms with Gasteiger partial charge >= 0.3 is 0 Å². The molecule has 1 unspecified atom stereocenters. The molecule has 2 aromatic carbocycles. The number of aliphatic hydroxyl groups excluding tert-OH is 1. The van der Waals surface area contributed by atoms with E-state index in [1.54, 1.807) is 0 Å². The average Bonchev–Trinajstić information content (AvgIpc) is 2.76. The molecule has 0 aliphatic carbocycles. The van der Waals surface area contributed by atoms with Crippen LogP contribution in [0.1, 0.15) is 90.0 Å². The highest BCUT2D eigenvalue weighted by Crippen LogP contribution is 2.23. The maximum Gasteiger partial charge on any atom is 0.119 e. The Bertz CT molecular complexity index is 658. The van der Waals surface area contributed by atoms with E-state index in [4.69, 9.17) is 4.74 Å². The van der Waals surface area contributed by atoms with Gasteiger partial charge in [0.2, 0.25) is 0 Å². The number of aryl methyl sites for hydroxylation is 1. The molecule has 0 aliphatic rings. The van der Waals surface area contributed by atoms with Gasteiger partial charge in [-0.1, -0.05) is 94.7 Å². The molecule has 1 atom stereocenters. The monoisotopic (exact) mass is 410 g/mol. The lowest BCUT2D eigenvalue weighted by Gasteiger charge is -2.09. The minimum atomic E-state index is -0.181. The summed E-state index contributed by atoms with van der Waals surface area (Å²) in [7, 11) is 0. The van der Waals surface area contributed by atoms with Crippen molar-refractivity contribution in [3.8, 4) is 16.9 Å². The van der Waals surface area contributed by atoms with Gasteiger partial charge in [-0.15, -0.1) is 0 Å². The zero-order valence-electron chi connectivity index (χ0n) is 19.2. The Morgan fingerprint density at radius 3 is 1.87 bits per heavy atom. The van der Waals surface area contributed by atoms with Gasteiger partial charge in [0.05, 0.1) is 12.7 Å². The van der Waals surface area contributed by atoms with Gasteiger partial charge in [0.15, 0.2) is 0 Å². The lowest BCUT2D eigenvalue weighted by atomic mass is 10.0. The van der Waals surface area contributed by atoms with Crippen molar-refractivity contribution < 1.29 is 9.84 Å². The molecule has 2 heteroatoms. The van der Waals surface area contributed by atoms with Crippen LogP contribution in [-0.4, -0.2) is 17.8 Å². The Morgan fingerprint density at radius 2 is 1.27 bits per heavy atom. The molecule has 0 radical (unpaired) electrons. The summed E-state index contributed by atoms with van der Waals surface area (Å²) in [6, 6.07) is 17.4. The number of unbranched alkanes of at least 4 members (excludes halogenated alkanes) is 8. The fraction of sp³-hybridized carbons (Fsp3) is 0.571. The summed E-state index contributed by atoms with van der Waals surface area (Å²) in [6.45, 7) is 4.95. The molecule has 2 aromatic rings. The van der Waals surface area contributed by atoms with Gasteiger partial charge in [-0.2, -0.15) is 0 Å². The Balaban J connectivity index is 1.65. The largest absolute Gasteiger partial charge is 0.494 e. The van der Waals surface area contributed by atoms with Crippen LogP contribution in [0.5, 0.6) is 5.75 Å². The topological polar surface area (TPSA) is 29.5 Å². The standard InChI is InChI=1S/C28H42O2/c1-3-4-5-6-7-8-9-12-23-30-28-21-19-27(20-22-28)26-17-15-25(16-18-26)14-11-10-13-24(2)29/h15-22,24,29H,3-14,23H2,1-2H3. The summed E-state index contributed by atoms with van der Waals surface area (Å²) in [4.78, 5) is 0. The molecule has 30 heavy (non-hydrogen) atoms. The van der Waals surface area contributed by atoms with Crippen molar-refractivity contribution in [3.05, 3.63) is 54.1 Å². The van der Waals surface area contributed by atoms with Gasteiger partial charge in [-0.25, -0.2) is 0 Å². The van der Waals surface area contributed by atoms with Crippen molar-refractivity contribution in [3.63, 3.8) is 0 Å². The molecule has 1 N–H and O–H groups in total. The summed E-state index contributed by atoms with van der Waals surface area (Å²) >= 11 is 0. The maximum atomic E-state index is 9.34. The third-order valence-electron chi connectivity index (χ3n) is 5.75. The van der Waals surface area contributed by atoms with Crippen molar-refractivity contribution in [1.82, 2.24) is 0 Å². The minimum Gasteiger partial charge on any atom is -0.494 e.